The number of aromatic hydroxyl groups is 1. The highest BCUT2D eigenvalue weighted by Gasteiger charge is 2.49. The van der Waals surface area contributed by atoms with Crippen molar-refractivity contribution in [2.75, 3.05) is 13.1 Å². The van der Waals surface area contributed by atoms with E-state index >= 15 is 0 Å². The molecule has 0 saturated carbocycles. The number of phenolic OH excluding ortho intramolecular Hbond substituents is 1. The Labute approximate surface area is 143 Å². The Morgan fingerprint density at radius 3 is 2.92 bits per heavy atom. The molecule has 0 amide bonds. The van der Waals surface area contributed by atoms with Crippen LogP contribution < -0.4 is 0 Å². The minimum absolute atomic E-state index is 0.0530. The van der Waals surface area contributed by atoms with Crippen LogP contribution in [0, 0.1) is 5.92 Å². The maximum atomic E-state index is 11.6. The Kier molecular flexibility index (Phi) is 3.50. The highest BCUT2D eigenvalue weighted by Crippen LogP contribution is 2.49. The highest BCUT2D eigenvalue weighted by atomic mass is 16.5. The molecule has 0 spiro atoms. The van der Waals surface area contributed by atoms with E-state index in [1.54, 1.807) is 6.07 Å². The molecule has 128 valence electrons. The van der Waals surface area contributed by atoms with Crippen LogP contribution in [0.4, 0.5) is 0 Å². The summed E-state index contributed by atoms with van der Waals surface area (Å²) in [7, 11) is 0. The van der Waals surface area contributed by atoms with E-state index in [-0.39, 0.29) is 17.5 Å². The smallest absolute Gasteiger partial charge is 0.333 e. The van der Waals surface area contributed by atoms with Crippen LogP contribution >= 0.6 is 0 Å². The minimum atomic E-state index is -0.237. The lowest BCUT2D eigenvalue weighted by molar-refractivity contribution is -0.140. The van der Waals surface area contributed by atoms with Crippen molar-refractivity contribution in [2.24, 2.45) is 5.92 Å². The van der Waals surface area contributed by atoms with Crippen molar-refractivity contribution in [3.05, 3.63) is 41.5 Å². The number of fused-ring (bicyclic) bond motifs is 4. The van der Waals surface area contributed by atoms with Gasteiger partial charge in [-0.3, -0.25) is 4.90 Å². The number of nitrogens with zero attached hydrogens (tertiary/aromatic N) is 1. The third-order valence-corrected chi connectivity index (χ3v) is 6.58. The van der Waals surface area contributed by atoms with Crippen molar-refractivity contribution in [2.45, 2.75) is 50.7 Å². The number of carbonyl (C=O) groups excluding carboxylic acids is 1. The number of rotatable bonds is 2. The summed E-state index contributed by atoms with van der Waals surface area (Å²) in [4.78, 5) is 14.1. The summed E-state index contributed by atoms with van der Waals surface area (Å²) < 4.78 is 5.45. The van der Waals surface area contributed by atoms with Gasteiger partial charge in [-0.2, -0.15) is 0 Å². The Balaban J connectivity index is 1.60. The van der Waals surface area contributed by atoms with E-state index in [2.05, 4.69) is 31.4 Å². The van der Waals surface area contributed by atoms with Crippen molar-refractivity contribution in [1.82, 2.24) is 4.90 Å². The van der Waals surface area contributed by atoms with Gasteiger partial charge in [0.25, 0.3) is 0 Å². The molecule has 2 saturated heterocycles. The summed E-state index contributed by atoms with van der Waals surface area (Å²) in [5.41, 5.74) is 3.35. The van der Waals surface area contributed by atoms with E-state index in [1.165, 1.54) is 11.1 Å². The molecular weight excluding hydrogens is 302 g/mol. The molecule has 2 aliphatic heterocycles. The van der Waals surface area contributed by atoms with Crippen LogP contribution in [0.2, 0.25) is 0 Å². The molecule has 2 bridgehead atoms. The molecule has 0 radical (unpaired) electrons. The van der Waals surface area contributed by atoms with Gasteiger partial charge in [-0.15, -0.1) is 0 Å². The molecule has 24 heavy (non-hydrogen) atoms. The molecule has 4 nitrogen and oxygen atoms in total. The number of hydrogen-bond acceptors (Lipinski definition) is 4. The van der Waals surface area contributed by atoms with Crippen LogP contribution in [0.5, 0.6) is 5.75 Å². The van der Waals surface area contributed by atoms with Crippen molar-refractivity contribution >= 4 is 5.97 Å². The van der Waals surface area contributed by atoms with Crippen molar-refractivity contribution in [1.29, 1.82) is 0 Å². The lowest BCUT2D eigenvalue weighted by Crippen LogP contribution is -2.59. The molecule has 3 aliphatic rings. The minimum Gasteiger partial charge on any atom is -0.508 e. The van der Waals surface area contributed by atoms with Crippen LogP contribution in [0.3, 0.4) is 0 Å². The standard InChI is InChI=1S/C20H25NO3/c1-12-8-16(24-19(12)23)11-21-7-6-20(3)13(2)18(21)9-14-4-5-15(22)10-17(14)20/h4-5,10,13,16,18,22H,1,6-9,11H2,2-3H3/t13-,16+,18-,20-/m0/s1. The Morgan fingerprint density at radius 1 is 1.42 bits per heavy atom. The summed E-state index contributed by atoms with van der Waals surface area (Å²) in [6.07, 6.45) is 2.65. The second-order valence-electron chi connectivity index (χ2n) is 7.90. The van der Waals surface area contributed by atoms with Crippen molar-refractivity contribution in [3.63, 3.8) is 0 Å². The number of benzene rings is 1. The third kappa shape index (κ3) is 2.27. The number of ether oxygens (including phenoxy) is 1. The zero-order valence-corrected chi connectivity index (χ0v) is 14.4. The molecule has 2 fully saturated rings. The van der Waals surface area contributed by atoms with Gasteiger partial charge in [0.2, 0.25) is 0 Å². The van der Waals surface area contributed by atoms with Gasteiger partial charge in [-0.25, -0.2) is 4.79 Å². The number of carbonyl (C=O) groups is 1. The summed E-state index contributed by atoms with van der Waals surface area (Å²) >= 11 is 0. The zero-order chi connectivity index (χ0) is 17.1. The Hall–Kier alpha value is -1.81. The summed E-state index contributed by atoms with van der Waals surface area (Å²) in [5.74, 6) is 0.625. The third-order valence-electron chi connectivity index (χ3n) is 6.58. The van der Waals surface area contributed by atoms with Crippen molar-refractivity contribution in [3.8, 4) is 5.75 Å². The maximum absolute atomic E-state index is 11.6. The number of esters is 1. The quantitative estimate of drug-likeness (QED) is 0.670. The lowest BCUT2D eigenvalue weighted by atomic mass is 9.59. The van der Waals surface area contributed by atoms with E-state index in [1.807, 2.05) is 6.07 Å². The van der Waals surface area contributed by atoms with Crippen LogP contribution in [-0.2, 0) is 21.4 Å². The first-order valence-corrected chi connectivity index (χ1v) is 8.83. The molecule has 1 aromatic rings. The van der Waals surface area contributed by atoms with Crippen LogP contribution in [0.25, 0.3) is 0 Å². The fourth-order valence-corrected chi connectivity index (χ4v) is 4.92. The topological polar surface area (TPSA) is 49.8 Å². The predicted molar refractivity (Wildman–Crippen MR) is 91.9 cm³/mol. The molecule has 4 rings (SSSR count). The van der Waals surface area contributed by atoms with Gasteiger partial charge in [0.05, 0.1) is 0 Å². The van der Waals surface area contributed by atoms with E-state index in [0.717, 1.165) is 25.9 Å². The summed E-state index contributed by atoms with van der Waals surface area (Å²) in [5, 5.41) is 9.91. The first-order valence-electron chi connectivity index (χ1n) is 8.83. The normalized spacial score (nSPS) is 35.7. The van der Waals surface area contributed by atoms with Gasteiger partial charge in [0.15, 0.2) is 0 Å². The monoisotopic (exact) mass is 327 g/mol. The molecule has 4 heteroatoms. The average molecular weight is 327 g/mol. The predicted octanol–water partition coefficient (Wildman–Crippen LogP) is 2.79. The van der Waals surface area contributed by atoms with Crippen LogP contribution in [-0.4, -0.2) is 41.2 Å². The molecule has 1 aliphatic carbocycles. The first-order chi connectivity index (χ1) is 11.4. The molecule has 4 atom stereocenters. The van der Waals surface area contributed by atoms with Gasteiger partial charge in [-0.05, 0) is 54.0 Å². The zero-order valence-electron chi connectivity index (χ0n) is 14.4. The molecule has 2 heterocycles. The van der Waals surface area contributed by atoms with Gasteiger partial charge < -0.3 is 9.84 Å². The fourth-order valence-electron chi connectivity index (χ4n) is 4.92. The molecule has 1 N–H and O–H groups in total. The largest absolute Gasteiger partial charge is 0.508 e. The molecule has 0 aromatic heterocycles. The first kappa shape index (κ1) is 15.7. The number of likely N-dealkylation sites (tertiary alicyclic amines) is 1. The number of hydrogen-bond donors (Lipinski definition) is 1. The number of piperidine rings is 1. The van der Waals surface area contributed by atoms with Crippen molar-refractivity contribution < 1.29 is 14.6 Å². The number of phenols is 1. The summed E-state index contributed by atoms with van der Waals surface area (Å²) in [6.45, 7) is 10.2. The van der Waals surface area contributed by atoms with Crippen LogP contribution in [0.1, 0.15) is 37.8 Å². The number of cyclic esters (lactones) is 1. The van der Waals surface area contributed by atoms with Gasteiger partial charge in [0, 0.05) is 24.6 Å². The Morgan fingerprint density at radius 2 is 2.21 bits per heavy atom. The SMILES string of the molecule is C=C1C[C@H](CN2CC[C@]3(C)c4cc(O)ccc4C[C@H]2[C@@H]3C)OC1=O. The lowest BCUT2D eigenvalue weighted by Gasteiger charge is -2.55. The van der Waals surface area contributed by atoms with Gasteiger partial charge in [-0.1, -0.05) is 26.5 Å². The molecule has 1 aromatic carbocycles. The maximum Gasteiger partial charge on any atom is 0.333 e. The van der Waals surface area contributed by atoms with Crippen LogP contribution in [0.15, 0.2) is 30.4 Å². The van der Waals surface area contributed by atoms with Gasteiger partial charge in [0.1, 0.15) is 11.9 Å². The second-order valence-corrected chi connectivity index (χ2v) is 7.90. The van der Waals surface area contributed by atoms with E-state index < -0.39 is 0 Å². The van der Waals surface area contributed by atoms with E-state index in [4.69, 9.17) is 4.74 Å². The van der Waals surface area contributed by atoms with Gasteiger partial charge >= 0.3 is 5.97 Å². The fraction of sp³-hybridized carbons (Fsp3) is 0.550. The van der Waals surface area contributed by atoms with E-state index in [0.29, 0.717) is 29.7 Å². The highest BCUT2D eigenvalue weighted by molar-refractivity contribution is 5.89. The second kappa shape index (κ2) is 5.35. The Bertz CT molecular complexity index is 697. The summed E-state index contributed by atoms with van der Waals surface area (Å²) in [6, 6.07) is 6.28. The molecular formula is C20H25NO3. The average Bonchev–Trinajstić information content (AvgIpc) is 2.85. The molecule has 0 unspecified atom stereocenters. The van der Waals surface area contributed by atoms with E-state index in [9.17, 15) is 9.90 Å².